The van der Waals surface area contributed by atoms with Gasteiger partial charge in [-0.2, -0.15) is 0 Å². The van der Waals surface area contributed by atoms with Crippen molar-refractivity contribution in [2.45, 2.75) is 19.8 Å². The molecule has 1 amide bonds. The zero-order valence-corrected chi connectivity index (χ0v) is 14.8. The molecule has 0 bridgehead atoms. The fraction of sp³-hybridized carbons (Fsp3) is 0.353. The number of hydrogen-bond acceptors (Lipinski definition) is 4. The van der Waals surface area contributed by atoms with Gasteiger partial charge in [0, 0.05) is 28.8 Å². The lowest BCUT2D eigenvalue weighted by atomic mass is 10.0. The summed E-state index contributed by atoms with van der Waals surface area (Å²) in [4.78, 5) is 14.5. The Labute approximate surface area is 151 Å². The first-order valence-corrected chi connectivity index (χ1v) is 8.63. The molecule has 1 aliphatic heterocycles. The maximum atomic E-state index is 12.3. The number of anilines is 2. The lowest BCUT2D eigenvalue weighted by molar-refractivity contribution is 0.102. The number of halogens is 2. The Morgan fingerprint density at radius 1 is 1.21 bits per heavy atom. The number of hydrogen-bond donors (Lipinski definition) is 1. The monoisotopic (exact) mass is 364 g/mol. The van der Waals surface area contributed by atoms with Crippen LogP contribution in [0.5, 0.6) is 0 Å². The van der Waals surface area contributed by atoms with Crippen molar-refractivity contribution >= 4 is 40.6 Å². The summed E-state index contributed by atoms with van der Waals surface area (Å²) in [5, 5.41) is 11.9. The van der Waals surface area contributed by atoms with E-state index in [2.05, 4.69) is 27.3 Å². The molecule has 0 saturated carbocycles. The van der Waals surface area contributed by atoms with E-state index in [9.17, 15) is 4.79 Å². The minimum Gasteiger partial charge on any atom is -0.355 e. The summed E-state index contributed by atoms with van der Waals surface area (Å²) in [6.45, 7) is 4.18. The van der Waals surface area contributed by atoms with E-state index in [4.69, 9.17) is 23.2 Å². The second kappa shape index (κ2) is 7.36. The van der Waals surface area contributed by atoms with E-state index >= 15 is 0 Å². The number of nitrogens with one attached hydrogen (secondary N) is 1. The summed E-state index contributed by atoms with van der Waals surface area (Å²) in [5.74, 6) is 1.11. The fourth-order valence-electron chi connectivity index (χ4n) is 2.83. The largest absolute Gasteiger partial charge is 0.355 e. The second-order valence-electron chi connectivity index (χ2n) is 6.08. The van der Waals surface area contributed by atoms with Crippen LogP contribution in [-0.4, -0.2) is 29.2 Å². The number of rotatable bonds is 3. The maximum absolute atomic E-state index is 12.3. The molecule has 1 saturated heterocycles. The second-order valence-corrected chi connectivity index (χ2v) is 6.96. The molecule has 1 aromatic carbocycles. The van der Waals surface area contributed by atoms with Gasteiger partial charge in [-0.1, -0.05) is 30.1 Å². The number of nitrogens with zero attached hydrogens (tertiary/aromatic N) is 3. The topological polar surface area (TPSA) is 58.1 Å². The first-order chi connectivity index (χ1) is 11.5. The van der Waals surface area contributed by atoms with Crippen LogP contribution < -0.4 is 10.2 Å². The van der Waals surface area contributed by atoms with Crippen LogP contribution in [0, 0.1) is 5.92 Å². The van der Waals surface area contributed by atoms with Crippen LogP contribution in [0.1, 0.15) is 30.3 Å². The number of amides is 1. The standard InChI is InChI=1S/C17H18Cl2N4O/c1-11-3-2-6-23(10-11)16-5-4-15(21-22-16)17(24)20-14-8-12(18)7-13(19)9-14/h4-5,7-9,11H,2-3,6,10H2,1H3,(H,20,24). The molecule has 1 atom stereocenters. The van der Waals surface area contributed by atoms with Gasteiger partial charge in [0.05, 0.1) is 0 Å². The molecule has 0 aliphatic carbocycles. The zero-order chi connectivity index (χ0) is 17.1. The lowest BCUT2D eigenvalue weighted by Crippen LogP contribution is -2.35. The van der Waals surface area contributed by atoms with E-state index in [-0.39, 0.29) is 11.6 Å². The minimum atomic E-state index is -0.348. The Morgan fingerprint density at radius 2 is 1.96 bits per heavy atom. The van der Waals surface area contributed by atoms with Gasteiger partial charge in [0.25, 0.3) is 5.91 Å². The van der Waals surface area contributed by atoms with Gasteiger partial charge in [-0.3, -0.25) is 4.79 Å². The third kappa shape index (κ3) is 4.16. The molecular weight excluding hydrogens is 347 g/mol. The lowest BCUT2D eigenvalue weighted by Gasteiger charge is -2.31. The Hall–Kier alpha value is -1.85. The van der Waals surface area contributed by atoms with Crippen LogP contribution in [0.4, 0.5) is 11.5 Å². The quantitative estimate of drug-likeness (QED) is 0.883. The van der Waals surface area contributed by atoms with Crippen LogP contribution >= 0.6 is 23.2 Å². The van der Waals surface area contributed by atoms with E-state index in [1.54, 1.807) is 24.3 Å². The molecule has 0 radical (unpaired) electrons. The molecule has 0 spiro atoms. The first kappa shape index (κ1) is 17.0. The van der Waals surface area contributed by atoms with E-state index in [0.717, 1.165) is 25.3 Å². The molecule has 1 aliphatic rings. The van der Waals surface area contributed by atoms with Crippen molar-refractivity contribution < 1.29 is 4.79 Å². The van der Waals surface area contributed by atoms with Crippen molar-refractivity contribution in [3.05, 3.63) is 46.1 Å². The van der Waals surface area contributed by atoms with Gasteiger partial charge in [0.2, 0.25) is 0 Å². The molecule has 2 heterocycles. The summed E-state index contributed by atoms with van der Waals surface area (Å²) < 4.78 is 0. The average molecular weight is 365 g/mol. The van der Waals surface area contributed by atoms with Crippen molar-refractivity contribution in [3.8, 4) is 0 Å². The first-order valence-electron chi connectivity index (χ1n) is 7.87. The molecule has 126 valence electrons. The number of benzene rings is 1. The van der Waals surface area contributed by atoms with Gasteiger partial charge >= 0.3 is 0 Å². The highest BCUT2D eigenvalue weighted by atomic mass is 35.5. The molecule has 24 heavy (non-hydrogen) atoms. The molecule has 7 heteroatoms. The van der Waals surface area contributed by atoms with Crippen molar-refractivity contribution in [1.82, 2.24) is 10.2 Å². The molecule has 1 aromatic heterocycles. The van der Waals surface area contributed by atoms with E-state index in [0.29, 0.717) is 21.7 Å². The Balaban J connectivity index is 1.69. The normalized spacial score (nSPS) is 17.6. The molecule has 1 unspecified atom stereocenters. The number of carbonyl (C=O) groups excluding carboxylic acids is 1. The number of piperidine rings is 1. The summed E-state index contributed by atoms with van der Waals surface area (Å²) in [6.07, 6.45) is 2.40. The average Bonchev–Trinajstić information content (AvgIpc) is 2.54. The van der Waals surface area contributed by atoms with Gasteiger partial charge in [0.1, 0.15) is 0 Å². The zero-order valence-electron chi connectivity index (χ0n) is 13.3. The van der Waals surface area contributed by atoms with Gasteiger partial charge in [-0.25, -0.2) is 0 Å². The number of aromatic nitrogens is 2. The highest BCUT2D eigenvalue weighted by Gasteiger charge is 2.18. The third-order valence-electron chi connectivity index (χ3n) is 3.98. The smallest absolute Gasteiger partial charge is 0.276 e. The molecule has 2 aromatic rings. The molecule has 1 fully saturated rings. The van der Waals surface area contributed by atoms with Gasteiger partial charge in [-0.05, 0) is 49.1 Å². The summed E-state index contributed by atoms with van der Waals surface area (Å²) in [5.41, 5.74) is 0.771. The van der Waals surface area contributed by atoms with E-state index in [1.807, 2.05) is 6.07 Å². The van der Waals surface area contributed by atoms with Crippen molar-refractivity contribution in [3.63, 3.8) is 0 Å². The van der Waals surface area contributed by atoms with Crippen LogP contribution in [0.3, 0.4) is 0 Å². The van der Waals surface area contributed by atoms with Crippen LogP contribution in [-0.2, 0) is 0 Å². The molecule has 1 N–H and O–H groups in total. The van der Waals surface area contributed by atoms with Crippen molar-refractivity contribution in [1.29, 1.82) is 0 Å². The highest BCUT2D eigenvalue weighted by molar-refractivity contribution is 6.35. The van der Waals surface area contributed by atoms with Crippen LogP contribution in [0.25, 0.3) is 0 Å². The van der Waals surface area contributed by atoms with Crippen LogP contribution in [0.2, 0.25) is 10.0 Å². The van der Waals surface area contributed by atoms with Crippen LogP contribution in [0.15, 0.2) is 30.3 Å². The van der Waals surface area contributed by atoms with E-state index in [1.165, 1.54) is 6.42 Å². The minimum absolute atomic E-state index is 0.250. The Bertz CT molecular complexity index is 716. The Morgan fingerprint density at radius 3 is 2.58 bits per heavy atom. The predicted octanol–water partition coefficient (Wildman–Crippen LogP) is 4.27. The Kier molecular flexibility index (Phi) is 5.21. The van der Waals surface area contributed by atoms with Gasteiger partial charge in [-0.15, -0.1) is 10.2 Å². The SMILES string of the molecule is CC1CCCN(c2ccc(C(=O)Nc3cc(Cl)cc(Cl)c3)nn2)C1. The fourth-order valence-corrected chi connectivity index (χ4v) is 3.36. The summed E-state index contributed by atoms with van der Waals surface area (Å²) in [7, 11) is 0. The summed E-state index contributed by atoms with van der Waals surface area (Å²) >= 11 is 11.9. The molecule has 5 nitrogen and oxygen atoms in total. The van der Waals surface area contributed by atoms with Gasteiger partial charge < -0.3 is 10.2 Å². The van der Waals surface area contributed by atoms with Crippen molar-refractivity contribution in [2.24, 2.45) is 5.92 Å². The van der Waals surface area contributed by atoms with Crippen molar-refractivity contribution in [2.75, 3.05) is 23.3 Å². The third-order valence-corrected chi connectivity index (χ3v) is 4.42. The molecular formula is C17H18Cl2N4O. The van der Waals surface area contributed by atoms with Gasteiger partial charge in [0.15, 0.2) is 11.5 Å². The predicted molar refractivity (Wildman–Crippen MR) is 97.1 cm³/mol. The summed E-state index contributed by atoms with van der Waals surface area (Å²) in [6, 6.07) is 8.38. The molecule has 3 rings (SSSR count). The van der Waals surface area contributed by atoms with E-state index < -0.39 is 0 Å². The highest BCUT2D eigenvalue weighted by Crippen LogP contribution is 2.23. The maximum Gasteiger partial charge on any atom is 0.276 e. The number of carbonyl (C=O) groups is 1.